The molecular weight excluding hydrogens is 252 g/mol. The molecule has 0 rings (SSSR count). The minimum Gasteiger partial charge on any atom is -0.0999 e. The second-order valence-electron chi connectivity index (χ2n) is 7.78. The molecule has 1 atom stereocenters. The van der Waals surface area contributed by atoms with Gasteiger partial charge in [-0.3, -0.25) is 0 Å². The van der Waals surface area contributed by atoms with E-state index >= 15 is 0 Å². The SMILES string of the molecule is CP(CP(C(C)(C)C)C(C)(C)C)C(C)(C)C.[B][B]. The lowest BCUT2D eigenvalue weighted by atomic mass is 9.81. The molecule has 1 unspecified atom stereocenters. The molecule has 0 saturated carbocycles. The van der Waals surface area contributed by atoms with Gasteiger partial charge in [-0.2, -0.15) is 0 Å². The summed E-state index contributed by atoms with van der Waals surface area (Å²) in [5.41, 5.74) is 0. The fourth-order valence-corrected chi connectivity index (χ4v) is 10.7. The Morgan fingerprint density at radius 2 is 0.944 bits per heavy atom. The summed E-state index contributed by atoms with van der Waals surface area (Å²) >= 11 is 0. The van der Waals surface area contributed by atoms with E-state index in [1.165, 1.54) is 5.90 Å². The van der Waals surface area contributed by atoms with E-state index in [0.717, 1.165) is 0 Å². The number of hydrogen-bond donors (Lipinski definition) is 0. The molecule has 4 radical (unpaired) electrons. The highest BCUT2D eigenvalue weighted by Crippen LogP contribution is 2.66. The summed E-state index contributed by atoms with van der Waals surface area (Å²) in [7, 11) is 8.22. The van der Waals surface area contributed by atoms with Crippen molar-refractivity contribution in [3.05, 3.63) is 0 Å². The normalized spacial score (nSPS) is 15.1. The molecule has 0 bridgehead atoms. The van der Waals surface area contributed by atoms with Crippen LogP contribution in [0.2, 0.25) is 0 Å². The first-order valence-corrected chi connectivity index (χ1v) is 10.1. The summed E-state index contributed by atoms with van der Waals surface area (Å²) in [5, 5.41) is 1.47. The third-order valence-electron chi connectivity index (χ3n) is 3.12. The maximum atomic E-state index is 4.00. The van der Waals surface area contributed by atoms with E-state index in [9.17, 15) is 0 Å². The Bertz CT molecular complexity index is 207. The molecule has 0 aromatic carbocycles. The fraction of sp³-hybridized carbons (Fsp3) is 1.00. The Morgan fingerprint density at radius 1 is 0.667 bits per heavy atom. The minimum absolute atomic E-state index is 0.0824. The van der Waals surface area contributed by atoms with E-state index in [0.29, 0.717) is 15.5 Å². The smallest absolute Gasteiger partial charge is 0 e. The maximum absolute atomic E-state index is 4.00. The van der Waals surface area contributed by atoms with Gasteiger partial charge in [-0.05, 0) is 28.0 Å². The van der Waals surface area contributed by atoms with Crippen molar-refractivity contribution in [3.8, 4) is 0 Å². The highest BCUT2D eigenvalue weighted by molar-refractivity contribution is 7.76. The lowest BCUT2D eigenvalue weighted by molar-refractivity contribution is 0.708. The Kier molecular flexibility index (Phi) is 9.09. The van der Waals surface area contributed by atoms with Gasteiger partial charge in [0.1, 0.15) is 0 Å². The first-order valence-electron chi connectivity index (χ1n) is 6.58. The molecule has 0 aliphatic carbocycles. The zero-order valence-corrected chi connectivity index (χ0v) is 16.0. The van der Waals surface area contributed by atoms with Crippen LogP contribution in [0.4, 0.5) is 0 Å². The monoisotopic (exact) mass is 284 g/mol. The molecule has 18 heavy (non-hydrogen) atoms. The van der Waals surface area contributed by atoms with Crippen molar-refractivity contribution in [1.82, 2.24) is 0 Å². The van der Waals surface area contributed by atoms with Crippen LogP contribution in [0, 0.1) is 0 Å². The Balaban J connectivity index is 0. The highest BCUT2D eigenvalue weighted by Gasteiger charge is 2.36. The van der Waals surface area contributed by atoms with Gasteiger partial charge in [0.25, 0.3) is 0 Å². The highest BCUT2D eigenvalue weighted by atomic mass is 31.2. The summed E-state index contributed by atoms with van der Waals surface area (Å²) in [6.45, 7) is 24.2. The van der Waals surface area contributed by atoms with Crippen LogP contribution in [0.5, 0.6) is 0 Å². The quantitative estimate of drug-likeness (QED) is 0.484. The zero-order valence-electron chi connectivity index (χ0n) is 14.3. The van der Waals surface area contributed by atoms with E-state index in [2.05, 4.69) is 84.5 Å². The molecule has 0 aromatic rings. The second kappa shape index (κ2) is 7.69. The molecule has 0 aliphatic heterocycles. The van der Waals surface area contributed by atoms with Gasteiger partial charge in [-0.15, -0.1) is 0 Å². The summed E-state index contributed by atoms with van der Waals surface area (Å²) in [4.78, 5) is 0. The Labute approximate surface area is 122 Å². The molecule has 104 valence electrons. The topological polar surface area (TPSA) is 0 Å². The van der Waals surface area contributed by atoms with Gasteiger partial charge < -0.3 is 0 Å². The summed E-state index contributed by atoms with van der Waals surface area (Å²) in [6, 6.07) is 0. The zero-order chi connectivity index (χ0) is 15.4. The third kappa shape index (κ3) is 8.22. The average Bonchev–Trinajstić information content (AvgIpc) is 2.11. The average molecular weight is 284 g/mol. The van der Waals surface area contributed by atoms with Gasteiger partial charge in [0.05, 0.1) is 0 Å². The van der Waals surface area contributed by atoms with Crippen molar-refractivity contribution in [2.75, 3.05) is 12.6 Å². The first-order chi connectivity index (χ1) is 7.76. The van der Waals surface area contributed by atoms with Crippen molar-refractivity contribution in [3.63, 3.8) is 0 Å². The van der Waals surface area contributed by atoms with E-state index in [4.69, 9.17) is 0 Å². The maximum Gasteiger partial charge on any atom is 0 e. The van der Waals surface area contributed by atoms with Crippen LogP contribution in [-0.4, -0.2) is 43.5 Å². The van der Waals surface area contributed by atoms with Crippen molar-refractivity contribution in [1.29, 1.82) is 0 Å². The third-order valence-corrected chi connectivity index (χ3v) is 11.5. The van der Waals surface area contributed by atoms with Crippen LogP contribution >= 0.6 is 15.8 Å². The molecule has 4 heteroatoms. The number of rotatable bonds is 2. The molecule has 0 heterocycles. The lowest BCUT2D eigenvalue weighted by Gasteiger charge is -2.45. The Morgan fingerprint density at radius 3 is 1.11 bits per heavy atom. The summed E-state index contributed by atoms with van der Waals surface area (Å²) in [6.07, 6.45) is 0. The van der Waals surface area contributed by atoms with E-state index < -0.39 is 0 Å². The lowest BCUT2D eigenvalue weighted by Crippen LogP contribution is -2.27. The van der Waals surface area contributed by atoms with Crippen LogP contribution in [-0.2, 0) is 0 Å². The van der Waals surface area contributed by atoms with Crippen molar-refractivity contribution < 1.29 is 0 Å². The van der Waals surface area contributed by atoms with Gasteiger partial charge in [-0.25, -0.2) is 0 Å². The van der Waals surface area contributed by atoms with E-state index in [-0.39, 0.29) is 15.8 Å². The standard InChI is InChI=1S/C14H32P2.B2/c1-12(2,3)15(10)11-16(13(4,5)6)14(7,8)9;1-2/h11H2,1-10H3;. The van der Waals surface area contributed by atoms with Gasteiger partial charge in [0, 0.05) is 15.5 Å². The predicted molar refractivity (Wildman–Crippen MR) is 95.4 cm³/mol. The van der Waals surface area contributed by atoms with Gasteiger partial charge >= 0.3 is 0 Å². The largest absolute Gasteiger partial charge is 0.0999 e. The molecule has 0 aliphatic rings. The molecular formula is C14H32B2P2. The molecule has 0 nitrogen and oxygen atoms in total. The second-order valence-corrected chi connectivity index (χ2v) is 15.2. The Hall–Kier alpha value is 0.990. The molecule has 0 saturated heterocycles. The molecule has 0 aromatic heterocycles. The summed E-state index contributed by atoms with van der Waals surface area (Å²) < 4.78 is 0. The van der Waals surface area contributed by atoms with Crippen LogP contribution in [0.3, 0.4) is 0 Å². The van der Waals surface area contributed by atoms with Crippen molar-refractivity contribution in [2.24, 2.45) is 0 Å². The van der Waals surface area contributed by atoms with Crippen LogP contribution in [0.1, 0.15) is 62.3 Å². The van der Waals surface area contributed by atoms with E-state index in [1.807, 2.05) is 0 Å². The number of hydrogen-bond acceptors (Lipinski definition) is 0. The van der Waals surface area contributed by atoms with Gasteiger partial charge in [-0.1, -0.05) is 78.2 Å². The predicted octanol–water partition coefficient (Wildman–Crippen LogP) is 5.17. The molecule has 0 fully saturated rings. The van der Waals surface area contributed by atoms with E-state index in [1.54, 1.807) is 0 Å². The van der Waals surface area contributed by atoms with Gasteiger partial charge in [0.2, 0.25) is 0 Å². The molecule has 0 N–H and O–H groups in total. The molecule has 0 spiro atoms. The van der Waals surface area contributed by atoms with Crippen molar-refractivity contribution in [2.45, 2.75) is 77.8 Å². The van der Waals surface area contributed by atoms with Crippen LogP contribution in [0.25, 0.3) is 0 Å². The fourth-order valence-electron chi connectivity index (χ4n) is 1.85. The van der Waals surface area contributed by atoms with Crippen molar-refractivity contribution >= 4 is 31.3 Å². The molecule has 0 amide bonds. The summed E-state index contributed by atoms with van der Waals surface area (Å²) in [5.74, 6) is 1.46. The van der Waals surface area contributed by atoms with Crippen LogP contribution < -0.4 is 0 Å². The van der Waals surface area contributed by atoms with Gasteiger partial charge in [0.15, 0.2) is 0 Å². The van der Waals surface area contributed by atoms with Crippen LogP contribution in [0.15, 0.2) is 0 Å². The minimum atomic E-state index is 0.0824. The first kappa shape index (κ1) is 21.3.